The van der Waals surface area contributed by atoms with Gasteiger partial charge in [0.1, 0.15) is 0 Å². The largest absolute Gasteiger partial charge is 0.362 e. The number of anilines is 1. The first-order chi connectivity index (χ1) is 12.1. The molecule has 0 radical (unpaired) electrons. The van der Waals surface area contributed by atoms with Gasteiger partial charge in [-0.25, -0.2) is 4.90 Å². The summed E-state index contributed by atoms with van der Waals surface area (Å²) in [5, 5.41) is 0. The molecular formula is C21H17NO3. The summed E-state index contributed by atoms with van der Waals surface area (Å²) in [6.07, 6.45) is 3.56. The lowest BCUT2D eigenvalue weighted by molar-refractivity contribution is -0.126. The highest BCUT2D eigenvalue weighted by Gasteiger charge is 2.65. The molecule has 3 aliphatic rings. The second kappa shape index (κ2) is 4.90. The van der Waals surface area contributed by atoms with Crippen molar-refractivity contribution in [2.24, 2.45) is 11.8 Å². The zero-order valence-corrected chi connectivity index (χ0v) is 13.8. The third kappa shape index (κ3) is 1.91. The zero-order valence-electron chi connectivity index (χ0n) is 13.8. The maximum absolute atomic E-state index is 12.9. The lowest BCUT2D eigenvalue weighted by Gasteiger charge is -2.24. The van der Waals surface area contributed by atoms with E-state index >= 15 is 0 Å². The van der Waals surface area contributed by atoms with Crippen LogP contribution in [0.25, 0.3) is 11.1 Å². The third-order valence-electron chi connectivity index (χ3n) is 5.56. The molecule has 25 heavy (non-hydrogen) atoms. The van der Waals surface area contributed by atoms with E-state index < -0.39 is 17.4 Å². The molecule has 2 bridgehead atoms. The predicted molar refractivity (Wildman–Crippen MR) is 93.8 cm³/mol. The Morgan fingerprint density at radius 3 is 2.28 bits per heavy atom. The molecule has 2 aromatic rings. The summed E-state index contributed by atoms with van der Waals surface area (Å²) in [7, 11) is 0. The van der Waals surface area contributed by atoms with Gasteiger partial charge >= 0.3 is 0 Å². The third-order valence-corrected chi connectivity index (χ3v) is 5.56. The molecule has 4 atom stereocenters. The molecule has 3 heterocycles. The summed E-state index contributed by atoms with van der Waals surface area (Å²) in [4.78, 5) is 27.2. The Bertz CT molecular complexity index is 902. The summed E-state index contributed by atoms with van der Waals surface area (Å²) < 4.78 is 5.85. The fraction of sp³-hybridized carbons (Fsp3) is 0.238. The predicted octanol–water partition coefficient (Wildman–Crippen LogP) is 3.19. The summed E-state index contributed by atoms with van der Waals surface area (Å²) in [6, 6.07) is 17.6. The second-order valence-corrected chi connectivity index (χ2v) is 7.05. The Hall–Kier alpha value is -2.72. The van der Waals surface area contributed by atoms with Crippen molar-refractivity contribution in [1.29, 1.82) is 0 Å². The highest BCUT2D eigenvalue weighted by atomic mass is 16.5. The first kappa shape index (κ1) is 14.6. The molecule has 3 aliphatic heterocycles. The molecule has 4 nitrogen and oxygen atoms in total. The number of carbonyl (C=O) groups is 2. The van der Waals surface area contributed by atoms with E-state index in [0.717, 1.165) is 11.1 Å². The molecule has 2 amide bonds. The number of amides is 2. The van der Waals surface area contributed by atoms with Crippen molar-refractivity contribution < 1.29 is 14.3 Å². The number of hydrogen-bond acceptors (Lipinski definition) is 3. The average molecular weight is 331 g/mol. The van der Waals surface area contributed by atoms with E-state index in [4.69, 9.17) is 4.74 Å². The Balaban J connectivity index is 1.49. The Kier molecular flexibility index (Phi) is 2.86. The number of hydrogen-bond donors (Lipinski definition) is 0. The molecular weight excluding hydrogens is 314 g/mol. The van der Waals surface area contributed by atoms with Crippen LogP contribution in [0.3, 0.4) is 0 Å². The second-order valence-electron chi connectivity index (χ2n) is 7.05. The van der Waals surface area contributed by atoms with Gasteiger partial charge in [-0.1, -0.05) is 54.6 Å². The van der Waals surface area contributed by atoms with Crippen LogP contribution in [0.5, 0.6) is 0 Å². The van der Waals surface area contributed by atoms with Crippen molar-refractivity contribution in [1.82, 2.24) is 0 Å². The van der Waals surface area contributed by atoms with E-state index in [1.165, 1.54) is 4.90 Å². The molecule has 4 heteroatoms. The van der Waals surface area contributed by atoms with E-state index in [0.29, 0.717) is 5.69 Å². The van der Waals surface area contributed by atoms with Crippen molar-refractivity contribution in [3.05, 3.63) is 66.7 Å². The molecule has 0 aromatic heterocycles. The van der Waals surface area contributed by atoms with Crippen LogP contribution in [0.4, 0.5) is 5.69 Å². The van der Waals surface area contributed by atoms with Crippen molar-refractivity contribution in [3.8, 4) is 11.1 Å². The molecule has 2 fully saturated rings. The van der Waals surface area contributed by atoms with Crippen LogP contribution in [0, 0.1) is 11.8 Å². The van der Waals surface area contributed by atoms with E-state index in [2.05, 4.69) is 0 Å². The quantitative estimate of drug-likeness (QED) is 0.627. The van der Waals surface area contributed by atoms with Crippen LogP contribution in [0.2, 0.25) is 0 Å². The number of rotatable bonds is 2. The normalized spacial score (nSPS) is 32.5. The van der Waals surface area contributed by atoms with E-state index in [-0.39, 0.29) is 17.9 Å². The summed E-state index contributed by atoms with van der Waals surface area (Å²) in [5.41, 5.74) is 2.14. The van der Waals surface area contributed by atoms with E-state index in [1.54, 1.807) is 0 Å². The van der Waals surface area contributed by atoms with Crippen molar-refractivity contribution in [2.45, 2.75) is 18.6 Å². The van der Waals surface area contributed by atoms with Gasteiger partial charge in [0.25, 0.3) is 0 Å². The highest BCUT2D eigenvalue weighted by Crippen LogP contribution is 2.52. The fourth-order valence-corrected chi connectivity index (χ4v) is 4.34. The summed E-state index contributed by atoms with van der Waals surface area (Å²) >= 11 is 0. The first-order valence-corrected chi connectivity index (χ1v) is 8.49. The SMILES string of the molecule is C[C@@]12C=C[C@@H](O1)[C@@H]1C(=O)N(c3ccc(-c4ccccc4)cc3)C(=O)[C@H]12. The van der Waals surface area contributed by atoms with Crippen molar-refractivity contribution >= 4 is 17.5 Å². The van der Waals surface area contributed by atoms with E-state index in [1.807, 2.05) is 73.7 Å². The minimum Gasteiger partial charge on any atom is -0.362 e. The number of ether oxygens (including phenoxy) is 1. The molecule has 2 aromatic carbocycles. The molecule has 0 spiro atoms. The van der Waals surface area contributed by atoms with Gasteiger partial charge in [-0.3, -0.25) is 9.59 Å². The Labute approximate surface area is 145 Å². The number of carbonyl (C=O) groups excluding carboxylic acids is 2. The molecule has 0 saturated carbocycles. The average Bonchev–Trinajstić information content (AvgIpc) is 3.25. The maximum Gasteiger partial charge on any atom is 0.241 e. The number of fused-ring (bicyclic) bond motifs is 5. The van der Waals surface area contributed by atoms with Gasteiger partial charge < -0.3 is 4.74 Å². The highest BCUT2D eigenvalue weighted by molar-refractivity contribution is 6.23. The van der Waals surface area contributed by atoms with Gasteiger partial charge in [0, 0.05) is 0 Å². The van der Waals surface area contributed by atoms with Gasteiger partial charge in [0.2, 0.25) is 11.8 Å². The van der Waals surface area contributed by atoms with Gasteiger partial charge in [-0.2, -0.15) is 0 Å². The van der Waals surface area contributed by atoms with Crippen LogP contribution < -0.4 is 4.90 Å². The van der Waals surface area contributed by atoms with Crippen LogP contribution in [0.1, 0.15) is 6.92 Å². The van der Waals surface area contributed by atoms with Crippen LogP contribution in [0.15, 0.2) is 66.7 Å². The number of imide groups is 1. The molecule has 5 rings (SSSR count). The summed E-state index contributed by atoms with van der Waals surface area (Å²) in [6.45, 7) is 1.89. The number of nitrogens with zero attached hydrogens (tertiary/aromatic N) is 1. The Morgan fingerprint density at radius 1 is 0.920 bits per heavy atom. The monoisotopic (exact) mass is 331 g/mol. The minimum atomic E-state index is -0.652. The first-order valence-electron chi connectivity index (χ1n) is 8.49. The molecule has 2 saturated heterocycles. The van der Waals surface area contributed by atoms with Gasteiger partial charge in [0.15, 0.2) is 0 Å². The lowest BCUT2D eigenvalue weighted by Crippen LogP contribution is -2.38. The Morgan fingerprint density at radius 2 is 1.60 bits per heavy atom. The van der Waals surface area contributed by atoms with Crippen molar-refractivity contribution in [3.63, 3.8) is 0 Å². The van der Waals surface area contributed by atoms with Crippen LogP contribution in [-0.4, -0.2) is 23.5 Å². The van der Waals surface area contributed by atoms with Gasteiger partial charge in [0.05, 0.1) is 29.2 Å². The fourth-order valence-electron chi connectivity index (χ4n) is 4.34. The van der Waals surface area contributed by atoms with Gasteiger partial charge in [-0.15, -0.1) is 0 Å². The van der Waals surface area contributed by atoms with E-state index in [9.17, 15) is 9.59 Å². The zero-order chi connectivity index (χ0) is 17.2. The molecule has 0 N–H and O–H groups in total. The molecule has 0 unspecified atom stereocenters. The number of benzene rings is 2. The van der Waals surface area contributed by atoms with Crippen LogP contribution >= 0.6 is 0 Å². The topological polar surface area (TPSA) is 46.6 Å². The summed E-state index contributed by atoms with van der Waals surface area (Å²) in [5.74, 6) is -1.11. The minimum absolute atomic E-state index is 0.152. The standard InChI is InChI=1S/C21H17NO3/c1-21-12-11-16(25-21)17-18(21)20(24)22(19(17)23)15-9-7-14(8-10-15)13-5-3-2-4-6-13/h2-12,16-18H,1H3/t16-,17+,18+,21+/m1/s1. The lowest BCUT2D eigenvalue weighted by atomic mass is 9.78. The smallest absolute Gasteiger partial charge is 0.241 e. The molecule has 124 valence electrons. The van der Waals surface area contributed by atoms with Gasteiger partial charge in [-0.05, 0) is 30.2 Å². The molecule has 0 aliphatic carbocycles. The van der Waals surface area contributed by atoms with Crippen LogP contribution in [-0.2, 0) is 14.3 Å². The van der Waals surface area contributed by atoms with Crippen molar-refractivity contribution in [2.75, 3.05) is 4.90 Å². The maximum atomic E-state index is 12.9.